The SMILES string of the molecule is CCS(=O)(=O)N1CCCN(S(=O)(=O)c2ccc(OC)cc2)CC1. The molecule has 0 aliphatic carbocycles. The molecule has 9 heteroatoms. The van der Waals surface area contributed by atoms with Crippen LogP contribution in [0.3, 0.4) is 0 Å². The van der Waals surface area contributed by atoms with Crippen LogP contribution in [0.4, 0.5) is 0 Å². The van der Waals surface area contributed by atoms with Gasteiger partial charge in [0.25, 0.3) is 0 Å². The van der Waals surface area contributed by atoms with Crippen molar-refractivity contribution in [2.75, 3.05) is 39.0 Å². The monoisotopic (exact) mass is 362 g/mol. The summed E-state index contributed by atoms with van der Waals surface area (Å²) in [6.07, 6.45) is 0.481. The molecule has 1 aromatic carbocycles. The van der Waals surface area contributed by atoms with Crippen LogP contribution >= 0.6 is 0 Å². The molecule has 0 spiro atoms. The van der Waals surface area contributed by atoms with E-state index >= 15 is 0 Å². The Labute approximate surface area is 137 Å². The lowest BCUT2D eigenvalue weighted by Crippen LogP contribution is -2.37. The number of ether oxygens (including phenoxy) is 1. The number of sulfonamides is 2. The molecule has 0 N–H and O–H groups in total. The topological polar surface area (TPSA) is 84.0 Å². The summed E-state index contributed by atoms with van der Waals surface area (Å²) >= 11 is 0. The third-order valence-electron chi connectivity index (χ3n) is 3.87. The second-order valence-corrected chi connectivity index (χ2v) is 9.43. The highest BCUT2D eigenvalue weighted by molar-refractivity contribution is 7.89. The highest BCUT2D eigenvalue weighted by Crippen LogP contribution is 2.21. The fourth-order valence-electron chi connectivity index (χ4n) is 2.47. The van der Waals surface area contributed by atoms with Crippen LogP contribution < -0.4 is 4.74 Å². The van der Waals surface area contributed by atoms with Gasteiger partial charge in [-0.15, -0.1) is 0 Å². The Morgan fingerprint density at radius 2 is 1.52 bits per heavy atom. The van der Waals surface area contributed by atoms with Gasteiger partial charge in [-0.3, -0.25) is 0 Å². The standard InChI is InChI=1S/C14H22N2O5S2/c1-3-22(17,18)15-9-4-10-16(12-11-15)23(19,20)14-7-5-13(21-2)6-8-14/h5-8H,3-4,9-12H2,1-2H3. The lowest BCUT2D eigenvalue weighted by Gasteiger charge is -2.21. The van der Waals surface area contributed by atoms with Crippen molar-refractivity contribution in [1.82, 2.24) is 8.61 Å². The van der Waals surface area contributed by atoms with E-state index in [4.69, 9.17) is 4.74 Å². The van der Waals surface area contributed by atoms with E-state index in [9.17, 15) is 16.8 Å². The van der Waals surface area contributed by atoms with Gasteiger partial charge in [-0.25, -0.2) is 21.1 Å². The lowest BCUT2D eigenvalue weighted by atomic mass is 10.3. The average Bonchev–Trinajstić information content (AvgIpc) is 2.82. The summed E-state index contributed by atoms with van der Waals surface area (Å²) in [5.41, 5.74) is 0. The summed E-state index contributed by atoms with van der Waals surface area (Å²) in [7, 11) is -5.41. The van der Waals surface area contributed by atoms with Gasteiger partial charge in [-0.1, -0.05) is 0 Å². The van der Waals surface area contributed by atoms with Crippen molar-refractivity contribution in [2.45, 2.75) is 18.2 Å². The van der Waals surface area contributed by atoms with Crippen LogP contribution in [-0.2, 0) is 20.0 Å². The number of rotatable bonds is 5. The summed E-state index contributed by atoms with van der Waals surface area (Å²) < 4.78 is 57.0. The molecular weight excluding hydrogens is 340 g/mol. The zero-order valence-corrected chi connectivity index (χ0v) is 14.9. The molecule has 1 aliphatic heterocycles. The molecular formula is C14H22N2O5S2. The minimum absolute atomic E-state index is 0.0260. The van der Waals surface area contributed by atoms with Crippen molar-refractivity contribution in [3.8, 4) is 5.75 Å². The first-order valence-corrected chi connectivity index (χ1v) is 10.5. The maximum atomic E-state index is 12.7. The molecule has 0 saturated carbocycles. The van der Waals surface area contributed by atoms with E-state index in [0.29, 0.717) is 25.3 Å². The molecule has 0 amide bonds. The van der Waals surface area contributed by atoms with Gasteiger partial charge in [0, 0.05) is 26.2 Å². The molecule has 0 unspecified atom stereocenters. The molecule has 0 atom stereocenters. The molecule has 0 radical (unpaired) electrons. The summed E-state index contributed by atoms with van der Waals surface area (Å²) in [4.78, 5) is 0.185. The molecule has 1 aliphatic rings. The maximum absolute atomic E-state index is 12.7. The number of nitrogens with zero attached hydrogens (tertiary/aromatic N) is 2. The molecule has 1 aromatic rings. The van der Waals surface area contributed by atoms with Gasteiger partial charge in [0.2, 0.25) is 20.0 Å². The molecule has 0 bridgehead atoms. The van der Waals surface area contributed by atoms with Crippen LogP contribution in [0.2, 0.25) is 0 Å². The molecule has 130 valence electrons. The van der Waals surface area contributed by atoms with E-state index in [1.807, 2.05) is 0 Å². The van der Waals surface area contributed by atoms with Crippen molar-refractivity contribution in [2.24, 2.45) is 0 Å². The first-order chi connectivity index (χ1) is 10.8. The normalized spacial score (nSPS) is 18.5. The van der Waals surface area contributed by atoms with Gasteiger partial charge >= 0.3 is 0 Å². The Balaban J connectivity index is 2.17. The second kappa shape index (κ2) is 7.16. The van der Waals surface area contributed by atoms with Crippen molar-refractivity contribution in [1.29, 1.82) is 0 Å². The Bertz CT molecular complexity index is 729. The van der Waals surface area contributed by atoms with Gasteiger partial charge in [-0.05, 0) is 37.6 Å². The first-order valence-electron chi connectivity index (χ1n) is 7.43. The highest BCUT2D eigenvalue weighted by atomic mass is 32.2. The predicted molar refractivity (Wildman–Crippen MR) is 87.4 cm³/mol. The number of benzene rings is 1. The number of hydrogen-bond donors (Lipinski definition) is 0. The lowest BCUT2D eigenvalue weighted by molar-refractivity contribution is 0.404. The molecule has 7 nitrogen and oxygen atoms in total. The van der Waals surface area contributed by atoms with Crippen LogP contribution in [0, 0.1) is 0 Å². The predicted octanol–water partition coefficient (Wildman–Crippen LogP) is 0.741. The zero-order valence-electron chi connectivity index (χ0n) is 13.3. The average molecular weight is 362 g/mol. The Hall–Kier alpha value is -1.16. The van der Waals surface area contributed by atoms with Gasteiger partial charge in [0.15, 0.2) is 0 Å². The number of methoxy groups -OCH3 is 1. The molecule has 2 rings (SSSR count). The van der Waals surface area contributed by atoms with Gasteiger partial charge in [-0.2, -0.15) is 4.31 Å². The first kappa shape index (κ1) is 18.2. The molecule has 23 heavy (non-hydrogen) atoms. The minimum Gasteiger partial charge on any atom is -0.497 e. The number of hydrogen-bond acceptors (Lipinski definition) is 5. The van der Waals surface area contributed by atoms with Crippen LogP contribution in [0.15, 0.2) is 29.2 Å². The summed E-state index contributed by atoms with van der Waals surface area (Å²) in [5.74, 6) is 0.609. The van der Waals surface area contributed by atoms with Crippen molar-refractivity contribution >= 4 is 20.0 Å². The Morgan fingerprint density at radius 3 is 2.09 bits per heavy atom. The van der Waals surface area contributed by atoms with E-state index in [-0.39, 0.29) is 23.7 Å². The fraction of sp³-hybridized carbons (Fsp3) is 0.571. The molecule has 1 heterocycles. The minimum atomic E-state index is -3.63. The summed E-state index contributed by atoms with van der Waals surface area (Å²) in [5, 5.41) is 0. The third-order valence-corrected chi connectivity index (χ3v) is 7.66. The fourth-order valence-corrected chi connectivity index (χ4v) is 5.07. The highest BCUT2D eigenvalue weighted by Gasteiger charge is 2.30. The third kappa shape index (κ3) is 4.03. The van der Waals surface area contributed by atoms with Gasteiger partial charge < -0.3 is 4.74 Å². The summed E-state index contributed by atoms with van der Waals surface area (Å²) in [6.45, 7) is 2.60. The van der Waals surface area contributed by atoms with Crippen LogP contribution in [0.25, 0.3) is 0 Å². The maximum Gasteiger partial charge on any atom is 0.243 e. The summed E-state index contributed by atoms with van der Waals surface area (Å²) in [6, 6.07) is 6.19. The van der Waals surface area contributed by atoms with E-state index in [1.54, 1.807) is 19.1 Å². The Kier molecular flexibility index (Phi) is 5.66. The molecule has 1 fully saturated rings. The van der Waals surface area contributed by atoms with E-state index in [0.717, 1.165) is 0 Å². The quantitative estimate of drug-likeness (QED) is 0.771. The van der Waals surface area contributed by atoms with E-state index in [1.165, 1.54) is 27.9 Å². The van der Waals surface area contributed by atoms with Crippen molar-refractivity contribution in [3.05, 3.63) is 24.3 Å². The molecule has 1 saturated heterocycles. The zero-order chi connectivity index (χ0) is 17.1. The van der Waals surface area contributed by atoms with Gasteiger partial charge in [0.05, 0.1) is 17.8 Å². The Morgan fingerprint density at radius 1 is 0.957 bits per heavy atom. The van der Waals surface area contributed by atoms with Crippen molar-refractivity contribution < 1.29 is 21.6 Å². The van der Waals surface area contributed by atoms with Crippen LogP contribution in [0.5, 0.6) is 5.75 Å². The van der Waals surface area contributed by atoms with E-state index < -0.39 is 20.0 Å². The molecule has 0 aromatic heterocycles. The van der Waals surface area contributed by atoms with Crippen LogP contribution in [0.1, 0.15) is 13.3 Å². The smallest absolute Gasteiger partial charge is 0.243 e. The second-order valence-electron chi connectivity index (χ2n) is 5.23. The van der Waals surface area contributed by atoms with Crippen LogP contribution in [-0.4, -0.2) is 64.5 Å². The van der Waals surface area contributed by atoms with Gasteiger partial charge in [0.1, 0.15) is 5.75 Å². The van der Waals surface area contributed by atoms with E-state index in [2.05, 4.69) is 0 Å². The van der Waals surface area contributed by atoms with Crippen molar-refractivity contribution in [3.63, 3.8) is 0 Å². The largest absolute Gasteiger partial charge is 0.497 e.